The van der Waals surface area contributed by atoms with Gasteiger partial charge in [-0.2, -0.15) is 0 Å². The standard InChI is InChI=1S/C29H22Br2ClN3S/c30-20-8-4-18(5-9-20)25-17-35-27(28(36)33-23-14-12-22(32)13-15-23)26(19-6-10-21(31)11-7-19)24-3-1-2-16-34(25)29(24)35/h4-15,17H,1-3,16H2,(H,33,36). The minimum absolute atomic E-state index is 0.691. The summed E-state index contributed by atoms with van der Waals surface area (Å²) in [5.41, 5.74) is 9.31. The molecule has 0 saturated heterocycles. The number of rotatable bonds is 4. The van der Waals surface area contributed by atoms with E-state index in [1.54, 1.807) is 0 Å². The number of hydrogen-bond donors (Lipinski definition) is 1. The molecule has 2 aromatic heterocycles. The second-order valence-electron chi connectivity index (χ2n) is 8.99. The maximum atomic E-state index is 6.12. The van der Waals surface area contributed by atoms with Crippen LogP contribution in [0.1, 0.15) is 24.1 Å². The zero-order valence-electron chi connectivity index (χ0n) is 19.3. The Hall–Kier alpha value is -2.38. The Balaban J connectivity index is 1.60. The Morgan fingerprint density at radius 1 is 0.833 bits per heavy atom. The second kappa shape index (κ2) is 9.82. The van der Waals surface area contributed by atoms with E-state index in [-0.39, 0.29) is 0 Å². The Labute approximate surface area is 237 Å². The van der Waals surface area contributed by atoms with E-state index in [0.29, 0.717) is 10.0 Å². The van der Waals surface area contributed by atoms with Gasteiger partial charge >= 0.3 is 0 Å². The molecule has 36 heavy (non-hydrogen) atoms. The molecule has 1 aliphatic heterocycles. The summed E-state index contributed by atoms with van der Waals surface area (Å²) in [5, 5.41) is 4.18. The van der Waals surface area contributed by atoms with Crippen molar-refractivity contribution in [2.45, 2.75) is 25.8 Å². The molecule has 3 nitrogen and oxygen atoms in total. The van der Waals surface area contributed by atoms with E-state index in [1.165, 1.54) is 33.6 Å². The lowest BCUT2D eigenvalue weighted by molar-refractivity contribution is 0.647. The summed E-state index contributed by atoms with van der Waals surface area (Å²) in [7, 11) is 0. The summed E-state index contributed by atoms with van der Waals surface area (Å²) in [6, 6.07) is 24.8. The van der Waals surface area contributed by atoms with E-state index in [9.17, 15) is 0 Å². The first kappa shape index (κ1) is 24.0. The molecule has 0 aliphatic carbocycles. The van der Waals surface area contributed by atoms with Gasteiger partial charge in [0.15, 0.2) is 0 Å². The fraction of sp³-hybridized carbons (Fsp3) is 0.138. The predicted molar refractivity (Wildman–Crippen MR) is 161 cm³/mol. The number of halogens is 3. The number of aryl methyl sites for hydroxylation is 2. The summed E-state index contributed by atoms with van der Waals surface area (Å²) in [6.45, 7) is 0.982. The topological polar surface area (TPSA) is 21.4 Å². The summed E-state index contributed by atoms with van der Waals surface area (Å²) < 4.78 is 6.92. The van der Waals surface area contributed by atoms with Crippen molar-refractivity contribution in [2.75, 3.05) is 5.32 Å². The predicted octanol–water partition coefficient (Wildman–Crippen LogP) is 9.38. The zero-order chi connectivity index (χ0) is 24.8. The molecule has 1 aliphatic rings. The molecule has 1 N–H and O–H groups in total. The van der Waals surface area contributed by atoms with E-state index >= 15 is 0 Å². The minimum atomic E-state index is 0.691. The van der Waals surface area contributed by atoms with Crippen LogP contribution in [0.2, 0.25) is 5.02 Å². The van der Waals surface area contributed by atoms with E-state index in [1.807, 2.05) is 24.3 Å². The molecule has 0 amide bonds. The Morgan fingerprint density at radius 3 is 2.14 bits per heavy atom. The molecule has 0 fully saturated rings. The van der Waals surface area contributed by atoms with Crippen molar-refractivity contribution in [3.63, 3.8) is 0 Å². The van der Waals surface area contributed by atoms with E-state index < -0.39 is 0 Å². The van der Waals surface area contributed by atoms with E-state index in [0.717, 1.165) is 46.1 Å². The number of anilines is 1. The first-order valence-corrected chi connectivity index (χ1v) is 14.2. The Morgan fingerprint density at radius 2 is 1.47 bits per heavy atom. The number of thiocarbonyl (C=S) groups is 1. The Kier molecular flexibility index (Phi) is 6.54. The zero-order valence-corrected chi connectivity index (χ0v) is 24.0. The van der Waals surface area contributed by atoms with Crippen molar-refractivity contribution >= 4 is 72.0 Å². The smallest absolute Gasteiger partial charge is 0.128 e. The summed E-state index contributed by atoms with van der Waals surface area (Å²) in [4.78, 5) is 0.691. The van der Waals surface area contributed by atoms with Gasteiger partial charge in [-0.1, -0.05) is 79.9 Å². The van der Waals surface area contributed by atoms with Gasteiger partial charge in [-0.05, 0) is 78.9 Å². The third kappa shape index (κ3) is 4.34. The van der Waals surface area contributed by atoms with Gasteiger partial charge in [-0.15, -0.1) is 0 Å². The van der Waals surface area contributed by atoms with Gasteiger partial charge in [0, 0.05) is 43.5 Å². The molecule has 0 radical (unpaired) electrons. The summed E-state index contributed by atoms with van der Waals surface area (Å²) in [6.07, 6.45) is 5.55. The number of imidazole rings is 1. The van der Waals surface area contributed by atoms with Crippen LogP contribution in [-0.4, -0.2) is 14.0 Å². The lowest BCUT2D eigenvalue weighted by Crippen LogP contribution is -2.14. The fourth-order valence-corrected chi connectivity index (χ4v) is 6.08. The van der Waals surface area contributed by atoms with Crippen LogP contribution < -0.4 is 5.32 Å². The van der Waals surface area contributed by atoms with Gasteiger partial charge in [-0.3, -0.25) is 4.40 Å². The molecule has 0 saturated carbocycles. The van der Waals surface area contributed by atoms with Gasteiger partial charge in [0.1, 0.15) is 10.6 Å². The third-order valence-electron chi connectivity index (χ3n) is 6.72. The molecule has 3 heterocycles. The van der Waals surface area contributed by atoms with Gasteiger partial charge < -0.3 is 9.88 Å². The molecule has 180 valence electrons. The normalized spacial score (nSPS) is 13.1. The van der Waals surface area contributed by atoms with Crippen LogP contribution in [0.3, 0.4) is 0 Å². The molecule has 3 aromatic carbocycles. The fourth-order valence-electron chi connectivity index (χ4n) is 5.11. The first-order chi connectivity index (χ1) is 17.5. The van der Waals surface area contributed by atoms with E-state index in [2.05, 4.69) is 101 Å². The first-order valence-electron chi connectivity index (χ1n) is 11.8. The van der Waals surface area contributed by atoms with Crippen molar-refractivity contribution in [1.29, 1.82) is 0 Å². The van der Waals surface area contributed by atoms with Crippen molar-refractivity contribution < 1.29 is 0 Å². The SMILES string of the molecule is S=C(Nc1ccc(Cl)cc1)c1c(-c2ccc(Br)cc2)c2c3n(c(-c4ccc(Br)cc4)cn13)CCCC2. The van der Waals surface area contributed by atoms with Crippen molar-refractivity contribution in [3.05, 3.63) is 104 Å². The van der Waals surface area contributed by atoms with Crippen LogP contribution in [-0.2, 0) is 13.0 Å². The maximum Gasteiger partial charge on any atom is 0.128 e. The lowest BCUT2D eigenvalue weighted by Gasteiger charge is -2.12. The summed E-state index contributed by atoms with van der Waals surface area (Å²) >= 11 is 19.4. The van der Waals surface area contributed by atoms with Gasteiger partial charge in [0.05, 0.1) is 11.4 Å². The summed E-state index contributed by atoms with van der Waals surface area (Å²) in [5.74, 6) is 0. The second-order valence-corrected chi connectivity index (χ2v) is 11.7. The quantitative estimate of drug-likeness (QED) is 0.198. The van der Waals surface area contributed by atoms with Gasteiger partial charge in [-0.25, -0.2) is 0 Å². The van der Waals surface area contributed by atoms with Crippen LogP contribution in [0.15, 0.2) is 87.9 Å². The van der Waals surface area contributed by atoms with Crippen molar-refractivity contribution in [1.82, 2.24) is 8.97 Å². The molecule has 0 atom stereocenters. The third-order valence-corrected chi connectivity index (χ3v) is 8.33. The van der Waals surface area contributed by atoms with Crippen LogP contribution in [0.5, 0.6) is 0 Å². The molecule has 6 rings (SSSR count). The largest absolute Gasteiger partial charge is 0.345 e. The molecule has 0 unspecified atom stereocenters. The molecule has 0 bridgehead atoms. The minimum Gasteiger partial charge on any atom is -0.345 e. The number of hydrogen-bond acceptors (Lipinski definition) is 1. The van der Waals surface area contributed by atoms with Gasteiger partial charge in [0.25, 0.3) is 0 Å². The number of nitrogens with one attached hydrogen (secondary N) is 1. The van der Waals surface area contributed by atoms with Crippen molar-refractivity contribution in [2.24, 2.45) is 0 Å². The van der Waals surface area contributed by atoms with E-state index in [4.69, 9.17) is 23.8 Å². The molecule has 0 spiro atoms. The highest BCUT2D eigenvalue weighted by atomic mass is 79.9. The highest BCUT2D eigenvalue weighted by Gasteiger charge is 2.28. The number of nitrogens with zero attached hydrogens (tertiary/aromatic N) is 2. The van der Waals surface area contributed by atoms with Crippen LogP contribution in [0, 0.1) is 0 Å². The molecule has 5 aromatic rings. The molecular weight excluding hydrogens is 618 g/mol. The molecular formula is C29H22Br2ClN3S. The molecule has 7 heteroatoms. The highest BCUT2D eigenvalue weighted by molar-refractivity contribution is 9.10. The van der Waals surface area contributed by atoms with Crippen LogP contribution in [0.4, 0.5) is 5.69 Å². The van der Waals surface area contributed by atoms with Crippen LogP contribution >= 0.6 is 55.7 Å². The number of benzene rings is 3. The van der Waals surface area contributed by atoms with Gasteiger partial charge in [0.2, 0.25) is 0 Å². The van der Waals surface area contributed by atoms with Crippen LogP contribution in [0.25, 0.3) is 28.0 Å². The van der Waals surface area contributed by atoms with Crippen molar-refractivity contribution in [3.8, 4) is 22.4 Å². The highest BCUT2D eigenvalue weighted by Crippen LogP contribution is 2.40. The maximum absolute atomic E-state index is 6.12. The number of aromatic nitrogens is 2. The lowest BCUT2D eigenvalue weighted by atomic mass is 9.98. The Bertz CT molecular complexity index is 1580. The average molecular weight is 640 g/mol. The average Bonchev–Trinajstić information content (AvgIpc) is 3.29. The monoisotopic (exact) mass is 637 g/mol.